The minimum Gasteiger partial charge on any atom is -0.493 e. The van der Waals surface area contributed by atoms with Crippen LogP contribution >= 0.6 is 0 Å². The van der Waals surface area contributed by atoms with Gasteiger partial charge in [-0.2, -0.15) is 0 Å². The Kier molecular flexibility index (Phi) is 6.82. The minimum absolute atomic E-state index is 0.0111. The molecule has 0 fully saturated rings. The first kappa shape index (κ1) is 21.5. The third-order valence-electron chi connectivity index (χ3n) is 5.22. The summed E-state index contributed by atoms with van der Waals surface area (Å²) in [5.74, 6) is 1.16. The molecule has 1 amide bonds. The molecule has 2 aromatic carbocycles. The molecule has 0 unspecified atom stereocenters. The Bertz CT molecular complexity index is 1080. The van der Waals surface area contributed by atoms with E-state index >= 15 is 0 Å². The molecule has 160 valence electrons. The zero-order chi connectivity index (χ0) is 21.7. The van der Waals surface area contributed by atoms with Crippen molar-refractivity contribution in [3.8, 4) is 11.5 Å². The Labute approximate surface area is 176 Å². The number of carbonyl (C=O) groups excluding carboxylic acids is 1. The van der Waals surface area contributed by atoms with E-state index in [-0.39, 0.29) is 18.1 Å². The maximum Gasteiger partial charge on any atom is 0.329 e. The van der Waals surface area contributed by atoms with Gasteiger partial charge in [0.1, 0.15) is 6.54 Å². The molecule has 7 heteroatoms. The number of methoxy groups -OCH3 is 2. The van der Waals surface area contributed by atoms with Crippen molar-refractivity contribution in [3.05, 3.63) is 58.5 Å². The number of carbonyl (C=O) groups is 1. The molecule has 0 atom stereocenters. The van der Waals surface area contributed by atoms with Crippen LogP contribution in [0.2, 0.25) is 0 Å². The van der Waals surface area contributed by atoms with Gasteiger partial charge in [0.2, 0.25) is 5.91 Å². The summed E-state index contributed by atoms with van der Waals surface area (Å²) >= 11 is 0. The van der Waals surface area contributed by atoms with Crippen molar-refractivity contribution in [1.29, 1.82) is 0 Å². The zero-order valence-electron chi connectivity index (χ0n) is 18.1. The van der Waals surface area contributed by atoms with Crippen LogP contribution in [0.1, 0.15) is 25.8 Å². The van der Waals surface area contributed by atoms with E-state index in [9.17, 15) is 9.59 Å². The van der Waals surface area contributed by atoms with Crippen LogP contribution in [0.5, 0.6) is 11.5 Å². The van der Waals surface area contributed by atoms with Crippen LogP contribution in [-0.2, 0) is 24.4 Å². The maximum absolute atomic E-state index is 13.1. The highest BCUT2D eigenvalue weighted by atomic mass is 16.5. The summed E-state index contributed by atoms with van der Waals surface area (Å²) in [6.45, 7) is 5.57. The average Bonchev–Trinajstić information content (AvgIpc) is 3.03. The van der Waals surface area contributed by atoms with Crippen molar-refractivity contribution in [2.75, 3.05) is 20.8 Å². The number of amides is 1. The molecule has 1 aromatic heterocycles. The number of fused-ring (bicyclic) bond motifs is 1. The van der Waals surface area contributed by atoms with Gasteiger partial charge in [0.15, 0.2) is 11.5 Å². The number of aryl methyl sites for hydroxylation is 1. The summed E-state index contributed by atoms with van der Waals surface area (Å²) in [5.41, 5.74) is 2.43. The first-order valence-electron chi connectivity index (χ1n) is 10.2. The monoisotopic (exact) mass is 411 g/mol. The van der Waals surface area contributed by atoms with Gasteiger partial charge in [-0.3, -0.25) is 13.9 Å². The van der Waals surface area contributed by atoms with Crippen molar-refractivity contribution in [1.82, 2.24) is 14.0 Å². The molecule has 3 aromatic rings. The highest BCUT2D eigenvalue weighted by molar-refractivity contribution is 5.81. The smallest absolute Gasteiger partial charge is 0.329 e. The second-order valence-corrected chi connectivity index (χ2v) is 7.11. The van der Waals surface area contributed by atoms with E-state index in [1.54, 1.807) is 28.3 Å². The molecule has 0 aliphatic rings. The third kappa shape index (κ3) is 4.20. The fourth-order valence-electron chi connectivity index (χ4n) is 3.68. The molecule has 7 nitrogen and oxygen atoms in total. The molecule has 1 heterocycles. The van der Waals surface area contributed by atoms with E-state index in [2.05, 4.69) is 0 Å². The predicted molar refractivity (Wildman–Crippen MR) is 117 cm³/mol. The number of para-hydroxylation sites is 2. The van der Waals surface area contributed by atoms with Crippen molar-refractivity contribution >= 4 is 16.9 Å². The van der Waals surface area contributed by atoms with E-state index in [0.29, 0.717) is 31.1 Å². The first-order chi connectivity index (χ1) is 14.5. The molecule has 0 bridgehead atoms. The molecule has 0 saturated carbocycles. The SMILES string of the molecule is CCCn1c(=O)n(CC(=O)N(CC)Cc2ccc(OC)c(OC)c2)c2ccccc21. The standard InChI is InChI=1S/C23H29N3O4/c1-5-13-25-18-9-7-8-10-19(18)26(23(25)28)16-22(27)24(6-2)15-17-11-12-20(29-3)21(14-17)30-4/h7-12,14H,5-6,13,15-16H2,1-4H3. The van der Waals surface area contributed by atoms with Gasteiger partial charge in [-0.05, 0) is 43.2 Å². The number of likely N-dealkylation sites (N-methyl/N-ethyl adjacent to an activating group) is 1. The second kappa shape index (κ2) is 9.52. The van der Waals surface area contributed by atoms with Crippen molar-refractivity contribution in [2.45, 2.75) is 39.9 Å². The fourth-order valence-corrected chi connectivity index (χ4v) is 3.68. The molecular formula is C23H29N3O4. The van der Waals surface area contributed by atoms with E-state index in [4.69, 9.17) is 9.47 Å². The predicted octanol–water partition coefficient (Wildman–Crippen LogP) is 3.28. The molecule has 0 aliphatic heterocycles. The Balaban J connectivity index is 1.86. The summed E-state index contributed by atoms with van der Waals surface area (Å²) in [4.78, 5) is 27.8. The number of benzene rings is 2. The number of imidazole rings is 1. The Morgan fingerprint density at radius 1 is 0.967 bits per heavy atom. The van der Waals surface area contributed by atoms with E-state index in [1.165, 1.54) is 0 Å². The summed E-state index contributed by atoms with van der Waals surface area (Å²) in [6, 6.07) is 13.2. The van der Waals surface area contributed by atoms with Gasteiger partial charge < -0.3 is 14.4 Å². The van der Waals surface area contributed by atoms with Gasteiger partial charge in [-0.25, -0.2) is 4.79 Å². The van der Waals surface area contributed by atoms with Crippen molar-refractivity contribution in [3.63, 3.8) is 0 Å². The van der Waals surface area contributed by atoms with Gasteiger partial charge in [-0.15, -0.1) is 0 Å². The molecule has 0 N–H and O–H groups in total. The van der Waals surface area contributed by atoms with Gasteiger partial charge >= 0.3 is 5.69 Å². The van der Waals surface area contributed by atoms with Crippen LogP contribution < -0.4 is 15.2 Å². The summed E-state index contributed by atoms with van der Waals surface area (Å²) < 4.78 is 14.0. The van der Waals surface area contributed by atoms with E-state index in [0.717, 1.165) is 23.0 Å². The van der Waals surface area contributed by atoms with Crippen LogP contribution in [0.15, 0.2) is 47.3 Å². The molecule has 0 saturated heterocycles. The minimum atomic E-state index is -0.145. The normalized spacial score (nSPS) is 10.9. The molecule has 30 heavy (non-hydrogen) atoms. The summed E-state index contributed by atoms with van der Waals surface area (Å²) in [6.07, 6.45) is 0.849. The number of aromatic nitrogens is 2. The molecule has 0 radical (unpaired) electrons. The lowest BCUT2D eigenvalue weighted by Crippen LogP contribution is -2.36. The van der Waals surface area contributed by atoms with Gasteiger partial charge in [-0.1, -0.05) is 25.1 Å². The lowest BCUT2D eigenvalue weighted by Gasteiger charge is -2.22. The number of nitrogens with zero attached hydrogens (tertiary/aromatic N) is 3. The highest BCUT2D eigenvalue weighted by Crippen LogP contribution is 2.28. The van der Waals surface area contributed by atoms with Crippen LogP contribution in [0.25, 0.3) is 11.0 Å². The summed E-state index contributed by atoms with van der Waals surface area (Å²) in [5, 5.41) is 0. The van der Waals surface area contributed by atoms with Crippen LogP contribution in [0.3, 0.4) is 0 Å². The lowest BCUT2D eigenvalue weighted by molar-refractivity contribution is -0.132. The molecule has 0 spiro atoms. The second-order valence-electron chi connectivity index (χ2n) is 7.11. The number of ether oxygens (including phenoxy) is 2. The van der Waals surface area contributed by atoms with Gasteiger partial charge in [0, 0.05) is 19.6 Å². The van der Waals surface area contributed by atoms with Crippen molar-refractivity contribution in [2.24, 2.45) is 0 Å². The fraction of sp³-hybridized carbons (Fsp3) is 0.391. The Morgan fingerprint density at radius 2 is 1.63 bits per heavy atom. The number of hydrogen-bond acceptors (Lipinski definition) is 4. The first-order valence-corrected chi connectivity index (χ1v) is 10.2. The maximum atomic E-state index is 13.1. The molecule has 0 aliphatic carbocycles. The quantitative estimate of drug-likeness (QED) is 0.542. The molecule has 3 rings (SSSR count). The van der Waals surface area contributed by atoms with E-state index in [1.807, 2.05) is 56.3 Å². The largest absolute Gasteiger partial charge is 0.493 e. The van der Waals surface area contributed by atoms with Crippen LogP contribution in [-0.4, -0.2) is 40.7 Å². The Hall–Kier alpha value is -3.22. The average molecular weight is 412 g/mol. The molecular weight excluding hydrogens is 382 g/mol. The van der Waals surface area contributed by atoms with E-state index < -0.39 is 0 Å². The lowest BCUT2D eigenvalue weighted by atomic mass is 10.2. The number of rotatable bonds is 9. The number of hydrogen-bond donors (Lipinski definition) is 0. The topological polar surface area (TPSA) is 65.7 Å². The van der Waals surface area contributed by atoms with Crippen molar-refractivity contribution < 1.29 is 14.3 Å². The van der Waals surface area contributed by atoms with Crippen LogP contribution in [0, 0.1) is 0 Å². The van der Waals surface area contributed by atoms with Crippen LogP contribution in [0.4, 0.5) is 0 Å². The summed E-state index contributed by atoms with van der Waals surface area (Å²) in [7, 11) is 3.18. The zero-order valence-corrected chi connectivity index (χ0v) is 18.1. The third-order valence-corrected chi connectivity index (χ3v) is 5.22. The van der Waals surface area contributed by atoms with Gasteiger partial charge in [0.25, 0.3) is 0 Å². The van der Waals surface area contributed by atoms with Gasteiger partial charge in [0.05, 0.1) is 25.3 Å². The highest BCUT2D eigenvalue weighted by Gasteiger charge is 2.19. The Morgan fingerprint density at radius 3 is 2.23 bits per heavy atom.